The van der Waals surface area contributed by atoms with E-state index in [0.717, 1.165) is 22.8 Å². The van der Waals surface area contributed by atoms with Gasteiger partial charge in [-0.2, -0.15) is 0 Å². The fourth-order valence-corrected chi connectivity index (χ4v) is 3.24. The van der Waals surface area contributed by atoms with E-state index in [-0.39, 0.29) is 0 Å². The van der Waals surface area contributed by atoms with Gasteiger partial charge in [0.15, 0.2) is 0 Å². The predicted octanol–water partition coefficient (Wildman–Crippen LogP) is 3.61. The van der Waals surface area contributed by atoms with Crippen molar-refractivity contribution in [3.63, 3.8) is 0 Å². The summed E-state index contributed by atoms with van der Waals surface area (Å²) in [6.45, 7) is 2.28. The van der Waals surface area contributed by atoms with Gasteiger partial charge in [-0.1, -0.05) is 23.7 Å². The summed E-state index contributed by atoms with van der Waals surface area (Å²) in [5.41, 5.74) is 2.20. The maximum Gasteiger partial charge on any atom is 0.0642 e. The Morgan fingerprint density at radius 3 is 2.89 bits per heavy atom. The van der Waals surface area contributed by atoms with Crippen LogP contribution in [-0.2, 0) is 5.88 Å². The zero-order valence-corrected chi connectivity index (χ0v) is 12.5. The van der Waals surface area contributed by atoms with Crippen LogP contribution in [0, 0.1) is 0 Å². The molecule has 4 heteroatoms. The van der Waals surface area contributed by atoms with Gasteiger partial charge in [-0.05, 0) is 38.1 Å². The summed E-state index contributed by atoms with van der Waals surface area (Å²) in [4.78, 5) is 4.68. The number of anilines is 1. The number of hydrogen-bond donors (Lipinski definition) is 0. The standard InChI is InChI=1S/C14H20Cl2N2/c1-17-8-4-6-12(10-17)18(2)14-11(9-15)5-3-7-13(14)16/h3,5,7,12H,4,6,8-10H2,1-2H3. The first kappa shape index (κ1) is 14.0. The smallest absolute Gasteiger partial charge is 0.0642 e. The molecule has 1 saturated heterocycles. The molecule has 0 aliphatic carbocycles. The number of halogens is 2. The largest absolute Gasteiger partial charge is 0.369 e. The van der Waals surface area contributed by atoms with Gasteiger partial charge in [-0.3, -0.25) is 0 Å². The molecule has 0 aromatic heterocycles. The molecule has 1 aromatic rings. The summed E-state index contributed by atoms with van der Waals surface area (Å²) >= 11 is 12.4. The lowest BCUT2D eigenvalue weighted by atomic mass is 10.0. The highest BCUT2D eigenvalue weighted by atomic mass is 35.5. The third-order valence-electron chi connectivity index (χ3n) is 3.71. The van der Waals surface area contributed by atoms with Gasteiger partial charge in [-0.15, -0.1) is 11.6 Å². The second-order valence-corrected chi connectivity index (χ2v) is 5.72. The SMILES string of the molecule is CN1CCCC(N(C)c2c(Cl)cccc2CCl)C1. The highest BCUT2D eigenvalue weighted by Crippen LogP contribution is 2.32. The van der Waals surface area contributed by atoms with E-state index in [1.165, 1.54) is 19.4 Å². The molecule has 1 atom stereocenters. The van der Waals surface area contributed by atoms with Crippen LogP contribution in [0.5, 0.6) is 0 Å². The third kappa shape index (κ3) is 2.93. The normalized spacial score (nSPS) is 21.0. The molecule has 0 spiro atoms. The molecule has 1 unspecified atom stereocenters. The highest BCUT2D eigenvalue weighted by molar-refractivity contribution is 6.33. The number of piperidine rings is 1. The van der Waals surface area contributed by atoms with E-state index in [1.807, 2.05) is 12.1 Å². The van der Waals surface area contributed by atoms with E-state index >= 15 is 0 Å². The van der Waals surface area contributed by atoms with Crippen molar-refractivity contribution in [1.29, 1.82) is 0 Å². The van der Waals surface area contributed by atoms with Crippen LogP contribution in [0.2, 0.25) is 5.02 Å². The molecule has 0 N–H and O–H groups in total. The van der Waals surface area contributed by atoms with Gasteiger partial charge in [0.2, 0.25) is 0 Å². The molecule has 0 bridgehead atoms. The van der Waals surface area contributed by atoms with Crippen molar-refractivity contribution < 1.29 is 0 Å². The fraction of sp³-hybridized carbons (Fsp3) is 0.571. The van der Waals surface area contributed by atoms with Crippen molar-refractivity contribution in [2.24, 2.45) is 0 Å². The van der Waals surface area contributed by atoms with Crippen molar-refractivity contribution >= 4 is 28.9 Å². The van der Waals surface area contributed by atoms with Crippen molar-refractivity contribution in [2.75, 3.05) is 32.1 Å². The zero-order valence-electron chi connectivity index (χ0n) is 11.0. The molecule has 0 saturated carbocycles. The second-order valence-electron chi connectivity index (χ2n) is 5.05. The molecular weight excluding hydrogens is 267 g/mol. The molecule has 0 amide bonds. The van der Waals surface area contributed by atoms with Gasteiger partial charge in [0.05, 0.1) is 10.7 Å². The summed E-state index contributed by atoms with van der Waals surface area (Å²) in [5, 5.41) is 0.795. The molecule has 1 aliphatic rings. The number of para-hydroxylation sites is 1. The lowest BCUT2D eigenvalue weighted by molar-refractivity contribution is 0.248. The van der Waals surface area contributed by atoms with E-state index < -0.39 is 0 Å². The van der Waals surface area contributed by atoms with Crippen molar-refractivity contribution in [3.05, 3.63) is 28.8 Å². The summed E-state index contributed by atoms with van der Waals surface area (Å²) in [6.07, 6.45) is 2.46. The number of hydrogen-bond acceptors (Lipinski definition) is 2. The summed E-state index contributed by atoms with van der Waals surface area (Å²) in [6, 6.07) is 6.48. The quantitative estimate of drug-likeness (QED) is 0.784. The molecule has 18 heavy (non-hydrogen) atoms. The van der Waals surface area contributed by atoms with Gasteiger partial charge in [-0.25, -0.2) is 0 Å². The summed E-state index contributed by atoms with van der Waals surface area (Å²) in [7, 11) is 4.30. The van der Waals surface area contributed by atoms with Crippen LogP contribution in [0.15, 0.2) is 18.2 Å². The Morgan fingerprint density at radius 1 is 1.44 bits per heavy atom. The third-order valence-corrected chi connectivity index (χ3v) is 4.31. The van der Waals surface area contributed by atoms with Gasteiger partial charge in [0, 0.05) is 25.5 Å². The highest BCUT2D eigenvalue weighted by Gasteiger charge is 2.23. The molecule has 1 fully saturated rings. The topological polar surface area (TPSA) is 6.48 Å². The van der Waals surface area contributed by atoms with E-state index in [0.29, 0.717) is 11.9 Å². The van der Waals surface area contributed by atoms with Crippen molar-refractivity contribution in [2.45, 2.75) is 24.8 Å². The Hall–Kier alpha value is -0.440. The first-order valence-corrected chi connectivity index (χ1v) is 7.29. The number of alkyl halides is 1. The lowest BCUT2D eigenvalue weighted by Gasteiger charge is -2.38. The first-order valence-electron chi connectivity index (χ1n) is 6.38. The maximum absolute atomic E-state index is 6.34. The van der Waals surface area contributed by atoms with Crippen LogP contribution >= 0.6 is 23.2 Å². The van der Waals surface area contributed by atoms with Crippen LogP contribution in [0.25, 0.3) is 0 Å². The van der Waals surface area contributed by atoms with Gasteiger partial charge in [0.25, 0.3) is 0 Å². The maximum atomic E-state index is 6.34. The minimum absolute atomic E-state index is 0.503. The van der Waals surface area contributed by atoms with Crippen molar-refractivity contribution in [3.8, 4) is 0 Å². The molecule has 0 radical (unpaired) electrons. The minimum atomic E-state index is 0.503. The van der Waals surface area contributed by atoms with Crippen LogP contribution in [-0.4, -0.2) is 38.1 Å². The number of rotatable bonds is 3. The average molecular weight is 287 g/mol. The molecular formula is C14H20Cl2N2. The Bertz CT molecular complexity index is 409. The second kappa shape index (κ2) is 6.14. The fourth-order valence-electron chi connectivity index (χ4n) is 2.70. The van der Waals surface area contributed by atoms with E-state index in [1.54, 1.807) is 0 Å². The average Bonchev–Trinajstić information content (AvgIpc) is 2.37. The summed E-state index contributed by atoms with van der Waals surface area (Å²) in [5.74, 6) is 0.503. The molecule has 2 nitrogen and oxygen atoms in total. The Kier molecular flexibility index (Phi) is 4.77. The zero-order chi connectivity index (χ0) is 13.1. The van der Waals surface area contributed by atoms with E-state index in [4.69, 9.17) is 23.2 Å². The number of benzene rings is 1. The van der Waals surface area contributed by atoms with Gasteiger partial charge >= 0.3 is 0 Å². The molecule has 1 aliphatic heterocycles. The number of likely N-dealkylation sites (tertiary alicyclic amines) is 1. The van der Waals surface area contributed by atoms with Gasteiger partial charge in [0.1, 0.15) is 0 Å². The predicted molar refractivity (Wildman–Crippen MR) is 79.9 cm³/mol. The van der Waals surface area contributed by atoms with E-state index in [2.05, 4.69) is 30.0 Å². The number of nitrogens with zero attached hydrogens (tertiary/aromatic N) is 2. The Balaban J connectivity index is 2.24. The van der Waals surface area contributed by atoms with Crippen molar-refractivity contribution in [1.82, 2.24) is 4.90 Å². The monoisotopic (exact) mass is 286 g/mol. The lowest BCUT2D eigenvalue weighted by Crippen LogP contribution is -2.45. The van der Waals surface area contributed by atoms with Gasteiger partial charge < -0.3 is 9.80 Å². The van der Waals surface area contributed by atoms with E-state index in [9.17, 15) is 0 Å². The molecule has 1 aromatic carbocycles. The minimum Gasteiger partial charge on any atom is -0.369 e. The first-order chi connectivity index (χ1) is 8.63. The molecule has 1 heterocycles. The molecule has 2 rings (SSSR count). The summed E-state index contributed by atoms with van der Waals surface area (Å²) < 4.78 is 0. The Morgan fingerprint density at radius 2 is 2.22 bits per heavy atom. The Labute approximate surface area is 119 Å². The molecule has 100 valence electrons. The van der Waals surface area contributed by atoms with Crippen LogP contribution in [0.4, 0.5) is 5.69 Å². The van der Waals surface area contributed by atoms with Crippen LogP contribution in [0.1, 0.15) is 18.4 Å². The van der Waals surface area contributed by atoms with Crippen LogP contribution < -0.4 is 4.90 Å². The number of likely N-dealkylation sites (N-methyl/N-ethyl adjacent to an activating group) is 2. The van der Waals surface area contributed by atoms with Crippen LogP contribution in [0.3, 0.4) is 0 Å².